The molecular formula is C18H31N3O6. The fourth-order valence-electron chi connectivity index (χ4n) is 2.56. The minimum absolute atomic E-state index is 0.144. The Labute approximate surface area is 159 Å². The number of benzene rings is 1. The van der Waals surface area contributed by atoms with Gasteiger partial charge < -0.3 is 25.2 Å². The Morgan fingerprint density at radius 3 is 2.56 bits per heavy atom. The summed E-state index contributed by atoms with van der Waals surface area (Å²) in [4.78, 5) is 12.2. The fourth-order valence-corrected chi connectivity index (χ4v) is 2.56. The first-order valence-corrected chi connectivity index (χ1v) is 8.91. The van der Waals surface area contributed by atoms with E-state index in [-0.39, 0.29) is 25.7 Å². The summed E-state index contributed by atoms with van der Waals surface area (Å²) in [6, 6.07) is 9.87. The molecule has 0 saturated heterocycles. The zero-order chi connectivity index (χ0) is 20.3. The van der Waals surface area contributed by atoms with E-state index in [9.17, 15) is 20.1 Å². The molecule has 0 aromatic heterocycles. The van der Waals surface area contributed by atoms with Crippen LogP contribution in [0, 0.1) is 0 Å². The third-order valence-corrected chi connectivity index (χ3v) is 3.89. The number of rotatable bonds is 14. The lowest BCUT2D eigenvalue weighted by Crippen LogP contribution is -2.57. The van der Waals surface area contributed by atoms with Crippen LogP contribution in [0.5, 0.6) is 0 Å². The first-order valence-electron chi connectivity index (χ1n) is 8.91. The van der Waals surface area contributed by atoms with Crippen LogP contribution < -0.4 is 10.6 Å². The molecule has 0 bridgehead atoms. The van der Waals surface area contributed by atoms with Crippen molar-refractivity contribution in [3.05, 3.63) is 35.9 Å². The minimum atomic E-state index is -2.28. The van der Waals surface area contributed by atoms with Crippen molar-refractivity contribution in [1.29, 1.82) is 0 Å². The van der Waals surface area contributed by atoms with E-state index in [4.69, 9.17) is 9.84 Å². The molecule has 1 aromatic rings. The molecule has 1 rings (SSSR count). The topological polar surface area (TPSA) is 135 Å². The van der Waals surface area contributed by atoms with E-state index < -0.39 is 24.7 Å². The molecule has 0 saturated carbocycles. The van der Waals surface area contributed by atoms with Crippen molar-refractivity contribution in [1.82, 2.24) is 15.5 Å². The van der Waals surface area contributed by atoms with Crippen molar-refractivity contribution in [2.45, 2.75) is 31.9 Å². The minimum Gasteiger partial charge on any atom is -0.480 e. The normalized spacial score (nSPS) is 14.3. The van der Waals surface area contributed by atoms with Crippen LogP contribution in [0.15, 0.2) is 30.3 Å². The van der Waals surface area contributed by atoms with Crippen LogP contribution in [0.25, 0.3) is 0 Å². The summed E-state index contributed by atoms with van der Waals surface area (Å²) in [5, 5.41) is 43.3. The van der Waals surface area contributed by atoms with E-state index in [0.29, 0.717) is 13.2 Å². The van der Waals surface area contributed by atoms with Gasteiger partial charge in [0.1, 0.15) is 6.23 Å². The van der Waals surface area contributed by atoms with Crippen molar-refractivity contribution in [2.24, 2.45) is 0 Å². The summed E-state index contributed by atoms with van der Waals surface area (Å²) in [6.45, 7) is 4.31. The first-order chi connectivity index (χ1) is 12.7. The lowest BCUT2D eigenvalue weighted by Gasteiger charge is -2.32. The lowest BCUT2D eigenvalue weighted by molar-refractivity contribution is -0.207. The van der Waals surface area contributed by atoms with Gasteiger partial charge in [-0.3, -0.25) is 20.3 Å². The number of aliphatic hydroxyl groups is 3. The zero-order valence-electron chi connectivity index (χ0n) is 15.8. The summed E-state index contributed by atoms with van der Waals surface area (Å²) in [5.41, 5.74) is 1.13. The number of hydrogen-bond donors (Lipinski definition) is 6. The van der Waals surface area contributed by atoms with Crippen LogP contribution in [0.3, 0.4) is 0 Å². The number of aliphatic carboxylic acids is 1. The number of carboxylic acid groups (broad SMARTS) is 1. The SMILES string of the molecule is CCOCN(C[C@H](C)c1ccccc1)CC(O)(O)NCC(O)NCC(=O)O. The highest BCUT2D eigenvalue weighted by molar-refractivity contribution is 5.69. The highest BCUT2D eigenvalue weighted by atomic mass is 16.5. The monoisotopic (exact) mass is 385 g/mol. The van der Waals surface area contributed by atoms with E-state index in [1.54, 1.807) is 4.90 Å². The number of aliphatic hydroxyl groups excluding tert-OH is 1. The Morgan fingerprint density at radius 2 is 1.96 bits per heavy atom. The fraction of sp³-hybridized carbons (Fsp3) is 0.611. The average Bonchev–Trinajstić information content (AvgIpc) is 2.63. The van der Waals surface area contributed by atoms with Crippen LogP contribution in [0.1, 0.15) is 25.3 Å². The van der Waals surface area contributed by atoms with E-state index in [1.165, 1.54) is 0 Å². The molecule has 0 aliphatic carbocycles. The first kappa shape index (κ1) is 23.4. The van der Waals surface area contributed by atoms with Gasteiger partial charge >= 0.3 is 5.97 Å². The van der Waals surface area contributed by atoms with E-state index in [1.807, 2.05) is 44.2 Å². The molecule has 1 aromatic carbocycles. The van der Waals surface area contributed by atoms with Gasteiger partial charge in [-0.2, -0.15) is 0 Å². The van der Waals surface area contributed by atoms with Crippen molar-refractivity contribution < 1.29 is 30.0 Å². The third-order valence-electron chi connectivity index (χ3n) is 3.89. The molecular weight excluding hydrogens is 354 g/mol. The molecule has 0 spiro atoms. The van der Waals surface area contributed by atoms with E-state index >= 15 is 0 Å². The largest absolute Gasteiger partial charge is 0.480 e. The van der Waals surface area contributed by atoms with Gasteiger partial charge in [0.05, 0.1) is 19.8 Å². The number of nitrogens with zero attached hydrogens (tertiary/aromatic N) is 1. The number of nitrogens with one attached hydrogen (secondary N) is 2. The number of carbonyl (C=O) groups is 1. The molecule has 154 valence electrons. The average molecular weight is 385 g/mol. The second kappa shape index (κ2) is 12.0. The molecule has 27 heavy (non-hydrogen) atoms. The molecule has 0 aliphatic heterocycles. The quantitative estimate of drug-likeness (QED) is 0.230. The van der Waals surface area contributed by atoms with Gasteiger partial charge in [-0.1, -0.05) is 37.3 Å². The van der Waals surface area contributed by atoms with Gasteiger partial charge in [-0.05, 0) is 18.4 Å². The van der Waals surface area contributed by atoms with Gasteiger partial charge in [0.15, 0.2) is 0 Å². The zero-order valence-corrected chi connectivity index (χ0v) is 15.8. The highest BCUT2D eigenvalue weighted by Gasteiger charge is 2.28. The molecule has 1 unspecified atom stereocenters. The predicted molar refractivity (Wildman–Crippen MR) is 99.7 cm³/mol. The molecule has 9 heteroatoms. The van der Waals surface area contributed by atoms with Gasteiger partial charge in [0, 0.05) is 19.7 Å². The molecule has 0 amide bonds. The Bertz CT molecular complexity index is 543. The number of carboxylic acids is 1. The van der Waals surface area contributed by atoms with Crippen molar-refractivity contribution in [3.63, 3.8) is 0 Å². The van der Waals surface area contributed by atoms with Crippen LogP contribution in [-0.4, -0.2) is 83.0 Å². The Hall–Kier alpha value is -1.59. The number of hydrogen-bond acceptors (Lipinski definition) is 8. The van der Waals surface area contributed by atoms with Gasteiger partial charge in [0.25, 0.3) is 0 Å². The van der Waals surface area contributed by atoms with Crippen molar-refractivity contribution in [3.8, 4) is 0 Å². The van der Waals surface area contributed by atoms with Gasteiger partial charge in [-0.15, -0.1) is 0 Å². The molecule has 6 N–H and O–H groups in total. The summed E-state index contributed by atoms with van der Waals surface area (Å²) in [7, 11) is 0. The number of ether oxygens (including phenoxy) is 1. The molecule has 9 nitrogen and oxygen atoms in total. The predicted octanol–water partition coefficient (Wildman–Crippen LogP) is -0.693. The van der Waals surface area contributed by atoms with E-state index in [0.717, 1.165) is 5.56 Å². The Balaban J connectivity index is 2.58. The molecule has 2 atom stereocenters. The molecule has 0 radical (unpaired) electrons. The van der Waals surface area contributed by atoms with Crippen LogP contribution in [-0.2, 0) is 9.53 Å². The third kappa shape index (κ3) is 10.4. The summed E-state index contributed by atoms with van der Waals surface area (Å²) in [6.07, 6.45) is -1.23. The van der Waals surface area contributed by atoms with Gasteiger partial charge in [-0.25, -0.2) is 0 Å². The van der Waals surface area contributed by atoms with E-state index in [2.05, 4.69) is 10.6 Å². The second-order valence-electron chi connectivity index (χ2n) is 6.43. The maximum Gasteiger partial charge on any atom is 0.317 e. The maximum atomic E-state index is 10.5. The van der Waals surface area contributed by atoms with Crippen LogP contribution in [0.2, 0.25) is 0 Å². The van der Waals surface area contributed by atoms with Crippen molar-refractivity contribution >= 4 is 5.97 Å². The Kier molecular flexibility index (Phi) is 10.4. The molecule has 0 heterocycles. The van der Waals surface area contributed by atoms with Crippen LogP contribution in [0.4, 0.5) is 0 Å². The summed E-state index contributed by atoms with van der Waals surface area (Å²) >= 11 is 0. The lowest BCUT2D eigenvalue weighted by atomic mass is 10.0. The smallest absolute Gasteiger partial charge is 0.317 e. The highest BCUT2D eigenvalue weighted by Crippen LogP contribution is 2.17. The molecule has 0 aliphatic rings. The van der Waals surface area contributed by atoms with Crippen molar-refractivity contribution in [2.75, 3.05) is 39.5 Å². The van der Waals surface area contributed by atoms with Gasteiger partial charge in [0.2, 0.25) is 5.91 Å². The summed E-state index contributed by atoms with van der Waals surface area (Å²) in [5.74, 6) is -3.25. The second-order valence-corrected chi connectivity index (χ2v) is 6.43. The standard InChI is InChI=1S/C18H31N3O6/c1-3-27-13-21(11-14(2)15-7-5-4-6-8-15)12-18(25,26)20-9-16(22)19-10-17(23)24/h4-8,14,16,19-20,22,25-26H,3,9-13H2,1-2H3,(H,23,24)/t14-,16?/m0/s1. The molecule has 0 fully saturated rings. The maximum absolute atomic E-state index is 10.5. The summed E-state index contributed by atoms with van der Waals surface area (Å²) < 4.78 is 5.42. The Morgan fingerprint density at radius 1 is 1.30 bits per heavy atom. The van der Waals surface area contributed by atoms with Crippen LogP contribution >= 0.6 is 0 Å².